The Kier molecular flexibility index (Phi) is 5.27. The van der Waals surface area contributed by atoms with E-state index in [0.29, 0.717) is 30.4 Å². The van der Waals surface area contributed by atoms with E-state index in [1.807, 2.05) is 0 Å². The average molecular weight is 420 g/mol. The summed E-state index contributed by atoms with van der Waals surface area (Å²) in [4.78, 5) is 26.4. The van der Waals surface area contributed by atoms with Crippen molar-refractivity contribution in [3.05, 3.63) is 54.1 Å². The number of hydrogen-bond acceptors (Lipinski definition) is 4. The molecular formula is C21H19F3N2O4. The van der Waals surface area contributed by atoms with E-state index < -0.39 is 24.0 Å². The second-order valence-electron chi connectivity index (χ2n) is 7.13. The lowest BCUT2D eigenvalue weighted by Gasteiger charge is -2.24. The normalized spacial score (nSPS) is 19.5. The zero-order valence-corrected chi connectivity index (χ0v) is 15.8. The minimum absolute atomic E-state index is 0.0102. The van der Waals surface area contributed by atoms with Gasteiger partial charge < -0.3 is 19.7 Å². The van der Waals surface area contributed by atoms with E-state index >= 15 is 0 Å². The number of halogens is 3. The second-order valence-corrected chi connectivity index (χ2v) is 7.13. The van der Waals surface area contributed by atoms with Gasteiger partial charge in [0, 0.05) is 24.7 Å². The van der Waals surface area contributed by atoms with Crippen molar-refractivity contribution in [3.8, 4) is 11.5 Å². The molecule has 158 valence electrons. The van der Waals surface area contributed by atoms with Gasteiger partial charge in [-0.25, -0.2) is 0 Å². The highest BCUT2D eigenvalue weighted by Gasteiger charge is 2.44. The molecule has 4 rings (SSSR count). The van der Waals surface area contributed by atoms with Gasteiger partial charge in [-0.15, -0.1) is 0 Å². The standard InChI is InChI=1S/C21H19F3N2O4/c22-21(23,24)19(13-4-2-1-3-5-13)25-20(28)14-10-18(27)26(12-14)15-6-7-16-17(11-15)30-9-8-29-16/h1-7,11,14,19H,8-10,12H2,(H,25,28). The fourth-order valence-electron chi connectivity index (χ4n) is 3.59. The maximum Gasteiger partial charge on any atom is 0.412 e. The molecule has 2 aromatic carbocycles. The Labute approximate surface area is 170 Å². The SMILES string of the molecule is O=C(NC(c1ccccc1)C(F)(F)F)C1CC(=O)N(c2ccc3c(c2)OCCO3)C1. The lowest BCUT2D eigenvalue weighted by atomic mass is 10.0. The van der Waals surface area contributed by atoms with Crippen molar-refractivity contribution in [1.82, 2.24) is 5.32 Å². The molecule has 0 aliphatic carbocycles. The van der Waals surface area contributed by atoms with Gasteiger partial charge in [0.2, 0.25) is 11.8 Å². The fourth-order valence-corrected chi connectivity index (χ4v) is 3.59. The molecule has 1 N–H and O–H groups in total. The first-order chi connectivity index (χ1) is 14.3. The number of fused-ring (bicyclic) bond motifs is 1. The van der Waals surface area contributed by atoms with E-state index in [-0.39, 0.29) is 24.4 Å². The predicted molar refractivity (Wildman–Crippen MR) is 101 cm³/mol. The lowest BCUT2D eigenvalue weighted by molar-refractivity contribution is -0.164. The van der Waals surface area contributed by atoms with Crippen LogP contribution in [0.15, 0.2) is 48.5 Å². The quantitative estimate of drug-likeness (QED) is 0.825. The number of anilines is 1. The molecule has 0 aromatic heterocycles. The summed E-state index contributed by atoms with van der Waals surface area (Å²) in [5.41, 5.74) is 0.446. The van der Waals surface area contributed by atoms with E-state index in [0.717, 1.165) is 0 Å². The Morgan fingerprint density at radius 3 is 2.47 bits per heavy atom. The smallest absolute Gasteiger partial charge is 0.412 e. The Morgan fingerprint density at radius 2 is 1.77 bits per heavy atom. The molecule has 0 bridgehead atoms. The van der Waals surface area contributed by atoms with Crippen LogP contribution in [-0.2, 0) is 9.59 Å². The highest BCUT2D eigenvalue weighted by Crippen LogP contribution is 2.37. The van der Waals surface area contributed by atoms with Gasteiger partial charge in [-0.1, -0.05) is 30.3 Å². The van der Waals surface area contributed by atoms with Gasteiger partial charge in [0.1, 0.15) is 13.2 Å². The summed E-state index contributed by atoms with van der Waals surface area (Å²) in [6.07, 6.45) is -4.82. The number of alkyl halides is 3. The molecule has 1 fully saturated rings. The lowest BCUT2D eigenvalue weighted by Crippen LogP contribution is -2.41. The Balaban J connectivity index is 1.49. The Morgan fingerprint density at radius 1 is 1.07 bits per heavy atom. The number of carbonyl (C=O) groups is 2. The summed E-state index contributed by atoms with van der Waals surface area (Å²) in [6, 6.07) is 9.98. The number of carbonyl (C=O) groups excluding carboxylic acids is 2. The monoisotopic (exact) mass is 420 g/mol. The average Bonchev–Trinajstić information content (AvgIpc) is 3.13. The maximum atomic E-state index is 13.5. The van der Waals surface area contributed by atoms with E-state index in [1.165, 1.54) is 29.2 Å². The van der Waals surface area contributed by atoms with Crippen LogP contribution in [0.5, 0.6) is 11.5 Å². The first-order valence-electron chi connectivity index (χ1n) is 9.45. The third-order valence-electron chi connectivity index (χ3n) is 5.08. The molecule has 0 radical (unpaired) electrons. The highest BCUT2D eigenvalue weighted by atomic mass is 19.4. The van der Waals surface area contributed by atoms with Gasteiger partial charge in [0.15, 0.2) is 17.5 Å². The minimum Gasteiger partial charge on any atom is -0.486 e. The Bertz CT molecular complexity index is 949. The fraction of sp³-hybridized carbons (Fsp3) is 0.333. The molecule has 2 aliphatic rings. The third kappa shape index (κ3) is 4.05. The summed E-state index contributed by atoms with van der Waals surface area (Å²) in [6.45, 7) is 0.802. The molecule has 1 saturated heterocycles. The highest BCUT2D eigenvalue weighted by molar-refractivity contribution is 6.00. The molecule has 2 unspecified atom stereocenters. The van der Waals surface area contributed by atoms with Crippen LogP contribution in [-0.4, -0.2) is 37.7 Å². The predicted octanol–water partition coefficient (Wildman–Crippen LogP) is 3.23. The van der Waals surface area contributed by atoms with Gasteiger partial charge in [0.05, 0.1) is 5.92 Å². The van der Waals surface area contributed by atoms with Crippen LogP contribution in [0.1, 0.15) is 18.0 Å². The molecule has 2 aliphatic heterocycles. The molecule has 6 nitrogen and oxygen atoms in total. The maximum absolute atomic E-state index is 13.5. The zero-order chi connectivity index (χ0) is 21.3. The van der Waals surface area contributed by atoms with Crippen molar-refractivity contribution in [2.45, 2.75) is 18.6 Å². The first-order valence-corrected chi connectivity index (χ1v) is 9.45. The van der Waals surface area contributed by atoms with Gasteiger partial charge in [-0.2, -0.15) is 13.2 Å². The number of nitrogens with zero attached hydrogens (tertiary/aromatic N) is 1. The molecule has 0 spiro atoms. The molecular weight excluding hydrogens is 401 g/mol. The van der Waals surface area contributed by atoms with Crippen LogP contribution in [0.2, 0.25) is 0 Å². The summed E-state index contributed by atoms with van der Waals surface area (Å²) < 4.78 is 51.5. The Hall–Kier alpha value is -3.23. The van der Waals surface area contributed by atoms with Crippen molar-refractivity contribution in [2.24, 2.45) is 5.92 Å². The van der Waals surface area contributed by atoms with Gasteiger partial charge >= 0.3 is 6.18 Å². The van der Waals surface area contributed by atoms with Crippen molar-refractivity contribution >= 4 is 17.5 Å². The number of amides is 2. The number of hydrogen-bond donors (Lipinski definition) is 1. The van der Waals surface area contributed by atoms with Crippen molar-refractivity contribution < 1.29 is 32.2 Å². The largest absolute Gasteiger partial charge is 0.486 e. The van der Waals surface area contributed by atoms with Crippen LogP contribution >= 0.6 is 0 Å². The first kappa shape index (κ1) is 20.1. The summed E-state index contributed by atoms with van der Waals surface area (Å²) >= 11 is 0. The van der Waals surface area contributed by atoms with E-state index in [4.69, 9.17) is 9.47 Å². The van der Waals surface area contributed by atoms with Crippen LogP contribution in [0, 0.1) is 5.92 Å². The van der Waals surface area contributed by atoms with Crippen LogP contribution in [0.3, 0.4) is 0 Å². The molecule has 2 atom stereocenters. The van der Waals surface area contributed by atoms with Crippen molar-refractivity contribution in [3.63, 3.8) is 0 Å². The molecule has 2 amide bonds. The number of ether oxygens (including phenoxy) is 2. The number of benzene rings is 2. The number of rotatable bonds is 4. The zero-order valence-electron chi connectivity index (χ0n) is 15.8. The van der Waals surface area contributed by atoms with E-state index in [9.17, 15) is 22.8 Å². The topological polar surface area (TPSA) is 67.9 Å². The summed E-state index contributed by atoms with van der Waals surface area (Å²) in [5, 5.41) is 2.07. The van der Waals surface area contributed by atoms with Gasteiger partial charge in [-0.3, -0.25) is 9.59 Å². The summed E-state index contributed by atoms with van der Waals surface area (Å²) in [7, 11) is 0. The molecule has 9 heteroatoms. The molecule has 2 heterocycles. The van der Waals surface area contributed by atoms with Crippen LogP contribution in [0.4, 0.5) is 18.9 Å². The van der Waals surface area contributed by atoms with Gasteiger partial charge in [-0.05, 0) is 17.7 Å². The molecule has 2 aromatic rings. The molecule has 0 saturated carbocycles. The number of nitrogens with one attached hydrogen (secondary N) is 1. The van der Waals surface area contributed by atoms with Crippen molar-refractivity contribution in [1.29, 1.82) is 0 Å². The van der Waals surface area contributed by atoms with Crippen LogP contribution < -0.4 is 19.7 Å². The van der Waals surface area contributed by atoms with Crippen molar-refractivity contribution in [2.75, 3.05) is 24.7 Å². The van der Waals surface area contributed by atoms with Gasteiger partial charge in [0.25, 0.3) is 0 Å². The van der Waals surface area contributed by atoms with E-state index in [1.54, 1.807) is 24.3 Å². The minimum atomic E-state index is -4.66. The van der Waals surface area contributed by atoms with E-state index in [2.05, 4.69) is 5.32 Å². The van der Waals surface area contributed by atoms with Crippen LogP contribution in [0.25, 0.3) is 0 Å². The second kappa shape index (κ2) is 7.89. The third-order valence-corrected chi connectivity index (χ3v) is 5.08. The summed E-state index contributed by atoms with van der Waals surface area (Å²) in [5.74, 6) is -0.994. The molecule has 30 heavy (non-hydrogen) atoms.